The van der Waals surface area contributed by atoms with Gasteiger partial charge in [0.1, 0.15) is 11.2 Å². The average molecular weight is 339 g/mol. The molecule has 1 N–H and O–H groups in total. The molecule has 2 atom stereocenters. The Labute approximate surface area is 146 Å². The summed E-state index contributed by atoms with van der Waals surface area (Å²) in [5.74, 6) is 0.0293. The van der Waals surface area contributed by atoms with Gasteiger partial charge in [0.2, 0.25) is 0 Å². The molecule has 4 rings (SSSR count). The monoisotopic (exact) mass is 339 g/mol. The summed E-state index contributed by atoms with van der Waals surface area (Å²) in [4.78, 5) is 28.2. The summed E-state index contributed by atoms with van der Waals surface area (Å²) < 4.78 is 0. The maximum Gasteiger partial charge on any atom is 0.325 e. The molecular weight excluding hydrogens is 318 g/mol. The smallest absolute Gasteiger partial charge is 0.323 e. The highest BCUT2D eigenvalue weighted by molar-refractivity contribution is 6.07. The number of nitrogens with one attached hydrogen (secondary N) is 1. The third kappa shape index (κ3) is 2.59. The summed E-state index contributed by atoms with van der Waals surface area (Å²) in [6, 6.07) is 9.21. The fraction of sp³-hybridized carbons (Fsp3) is 0.444. The van der Waals surface area contributed by atoms with Crippen molar-refractivity contribution in [3.8, 4) is 5.69 Å². The Morgan fingerprint density at radius 1 is 1.24 bits per heavy atom. The molecule has 2 aliphatic rings. The predicted octanol–water partition coefficient (Wildman–Crippen LogP) is 2.27. The molecule has 1 saturated heterocycles. The molecule has 1 saturated carbocycles. The van der Waals surface area contributed by atoms with Crippen LogP contribution in [-0.4, -0.2) is 37.4 Å². The Bertz CT molecular complexity index is 803. The lowest BCUT2D eigenvalue weighted by molar-refractivity contribution is -0.134. The summed E-state index contributed by atoms with van der Waals surface area (Å²) in [6.07, 6.45) is 5.35. The highest BCUT2D eigenvalue weighted by Gasteiger charge is 2.54. The van der Waals surface area contributed by atoms with Crippen molar-refractivity contribution < 1.29 is 9.59 Å². The topological polar surface area (TPSA) is 80.1 Å². The molecule has 1 aliphatic heterocycles. The Morgan fingerprint density at radius 3 is 2.80 bits per heavy atom. The molecule has 1 aromatic heterocycles. The Kier molecular flexibility index (Phi) is 3.78. The Balaban J connectivity index is 1.54. The van der Waals surface area contributed by atoms with Crippen LogP contribution in [-0.2, 0) is 11.3 Å². The zero-order chi connectivity index (χ0) is 17.4. The Hall–Kier alpha value is -2.70. The molecule has 1 spiro atoms. The van der Waals surface area contributed by atoms with Gasteiger partial charge < -0.3 is 5.32 Å². The van der Waals surface area contributed by atoms with Gasteiger partial charge in [0.25, 0.3) is 5.91 Å². The number of hydrogen-bond acceptors (Lipinski definition) is 4. The van der Waals surface area contributed by atoms with Crippen LogP contribution in [0.2, 0.25) is 0 Å². The summed E-state index contributed by atoms with van der Waals surface area (Å²) in [5, 5.41) is 11.6. The van der Waals surface area contributed by atoms with Crippen molar-refractivity contribution in [3.05, 3.63) is 42.2 Å². The molecule has 2 heterocycles. The molecule has 0 bridgehead atoms. The second kappa shape index (κ2) is 5.98. The van der Waals surface area contributed by atoms with Gasteiger partial charge in [0, 0.05) is 0 Å². The van der Waals surface area contributed by atoms with E-state index in [9.17, 15) is 9.59 Å². The van der Waals surface area contributed by atoms with E-state index in [-0.39, 0.29) is 24.4 Å². The normalized spacial score (nSPS) is 26.3. The van der Waals surface area contributed by atoms with Gasteiger partial charge in [-0.2, -0.15) is 15.0 Å². The first-order valence-corrected chi connectivity index (χ1v) is 8.71. The van der Waals surface area contributed by atoms with Crippen molar-refractivity contribution in [2.24, 2.45) is 5.92 Å². The van der Waals surface area contributed by atoms with Crippen LogP contribution < -0.4 is 5.32 Å². The van der Waals surface area contributed by atoms with Crippen LogP contribution in [0.3, 0.4) is 0 Å². The second-order valence-electron chi connectivity index (χ2n) is 6.90. The van der Waals surface area contributed by atoms with Gasteiger partial charge >= 0.3 is 6.03 Å². The average Bonchev–Trinajstić information content (AvgIpc) is 3.18. The van der Waals surface area contributed by atoms with E-state index in [1.807, 2.05) is 37.3 Å². The SMILES string of the molecule is C[C@@H]1CCCC[C@]12NC(=O)N(Cc1cnn(-c3ccccc3)n1)C2=O. The minimum absolute atomic E-state index is 0.126. The summed E-state index contributed by atoms with van der Waals surface area (Å²) >= 11 is 0. The van der Waals surface area contributed by atoms with Gasteiger partial charge in [-0.3, -0.25) is 9.69 Å². The third-order valence-corrected chi connectivity index (χ3v) is 5.35. The molecule has 7 heteroatoms. The number of carbonyl (C=O) groups excluding carboxylic acids is 2. The molecule has 2 aromatic rings. The van der Waals surface area contributed by atoms with Gasteiger partial charge in [-0.1, -0.05) is 38.0 Å². The molecule has 1 aliphatic carbocycles. The van der Waals surface area contributed by atoms with Crippen LogP contribution in [0.4, 0.5) is 4.79 Å². The van der Waals surface area contributed by atoms with Crippen LogP contribution in [0.25, 0.3) is 5.69 Å². The maximum absolute atomic E-state index is 13.0. The number of para-hydroxylation sites is 1. The van der Waals surface area contributed by atoms with Crippen molar-refractivity contribution in [1.29, 1.82) is 0 Å². The number of imide groups is 1. The number of hydrogen-bond donors (Lipinski definition) is 1. The second-order valence-corrected chi connectivity index (χ2v) is 6.90. The molecule has 3 amide bonds. The fourth-order valence-corrected chi connectivity index (χ4v) is 3.85. The van der Waals surface area contributed by atoms with Crippen molar-refractivity contribution in [3.63, 3.8) is 0 Å². The van der Waals surface area contributed by atoms with E-state index in [4.69, 9.17) is 0 Å². The fourth-order valence-electron chi connectivity index (χ4n) is 3.85. The number of nitrogens with zero attached hydrogens (tertiary/aromatic N) is 4. The van der Waals surface area contributed by atoms with E-state index in [2.05, 4.69) is 15.5 Å². The van der Waals surface area contributed by atoms with Crippen LogP contribution >= 0.6 is 0 Å². The number of carbonyl (C=O) groups is 2. The van der Waals surface area contributed by atoms with Crippen molar-refractivity contribution in [1.82, 2.24) is 25.2 Å². The summed E-state index contributed by atoms with van der Waals surface area (Å²) in [5.41, 5.74) is 0.696. The van der Waals surface area contributed by atoms with Crippen LogP contribution in [0.5, 0.6) is 0 Å². The quantitative estimate of drug-likeness (QED) is 0.870. The van der Waals surface area contributed by atoms with E-state index < -0.39 is 5.54 Å². The highest BCUT2D eigenvalue weighted by atomic mass is 16.2. The molecular formula is C18H21N5O2. The number of urea groups is 1. The molecule has 7 nitrogen and oxygen atoms in total. The van der Waals surface area contributed by atoms with Crippen molar-refractivity contribution >= 4 is 11.9 Å². The predicted molar refractivity (Wildman–Crippen MR) is 90.8 cm³/mol. The van der Waals surface area contributed by atoms with Crippen LogP contribution in [0, 0.1) is 5.92 Å². The lowest BCUT2D eigenvalue weighted by Gasteiger charge is -2.36. The molecule has 1 aromatic carbocycles. The van der Waals surface area contributed by atoms with Crippen molar-refractivity contribution in [2.45, 2.75) is 44.7 Å². The number of aromatic nitrogens is 3. The van der Waals surface area contributed by atoms with E-state index in [1.165, 1.54) is 9.70 Å². The summed E-state index contributed by atoms with van der Waals surface area (Å²) in [6.45, 7) is 2.19. The zero-order valence-corrected chi connectivity index (χ0v) is 14.2. The number of benzene rings is 1. The minimum atomic E-state index is -0.731. The molecule has 130 valence electrons. The van der Waals surface area contributed by atoms with Gasteiger partial charge in [-0.25, -0.2) is 4.79 Å². The first-order valence-electron chi connectivity index (χ1n) is 8.71. The molecule has 25 heavy (non-hydrogen) atoms. The largest absolute Gasteiger partial charge is 0.325 e. The van der Waals surface area contributed by atoms with Crippen molar-refractivity contribution in [2.75, 3.05) is 0 Å². The van der Waals surface area contributed by atoms with Gasteiger partial charge in [-0.15, -0.1) is 0 Å². The molecule has 2 fully saturated rings. The van der Waals surface area contributed by atoms with Gasteiger partial charge in [0.05, 0.1) is 18.4 Å². The van der Waals surface area contributed by atoms with Gasteiger partial charge in [-0.05, 0) is 30.9 Å². The Morgan fingerprint density at radius 2 is 2.04 bits per heavy atom. The first kappa shape index (κ1) is 15.8. The van der Waals surface area contributed by atoms with Crippen LogP contribution in [0.1, 0.15) is 38.3 Å². The number of rotatable bonds is 3. The zero-order valence-electron chi connectivity index (χ0n) is 14.2. The minimum Gasteiger partial charge on any atom is -0.323 e. The lowest BCUT2D eigenvalue weighted by Crippen LogP contribution is -2.53. The summed E-state index contributed by atoms with van der Waals surface area (Å²) in [7, 11) is 0. The standard InChI is InChI=1S/C18H21N5O2/c1-13-7-5-6-10-18(13)16(24)22(17(25)20-18)12-14-11-19-23(21-14)15-8-3-2-4-9-15/h2-4,8-9,11,13H,5-7,10,12H2,1H3,(H,20,25)/t13-,18+/m1/s1. The number of amides is 3. The van der Waals surface area contributed by atoms with E-state index in [0.29, 0.717) is 12.1 Å². The lowest BCUT2D eigenvalue weighted by atomic mass is 9.73. The third-order valence-electron chi connectivity index (χ3n) is 5.35. The highest BCUT2D eigenvalue weighted by Crippen LogP contribution is 2.38. The molecule has 0 unspecified atom stereocenters. The van der Waals surface area contributed by atoms with E-state index in [0.717, 1.165) is 24.9 Å². The van der Waals surface area contributed by atoms with Crippen LogP contribution in [0.15, 0.2) is 36.5 Å². The molecule has 0 radical (unpaired) electrons. The van der Waals surface area contributed by atoms with E-state index >= 15 is 0 Å². The first-order chi connectivity index (χ1) is 12.1. The van der Waals surface area contributed by atoms with Gasteiger partial charge in [0.15, 0.2) is 0 Å². The maximum atomic E-state index is 13.0. The van der Waals surface area contributed by atoms with E-state index in [1.54, 1.807) is 6.20 Å².